The summed E-state index contributed by atoms with van der Waals surface area (Å²) in [5.41, 5.74) is 0.506. The van der Waals surface area contributed by atoms with Gasteiger partial charge >= 0.3 is 12.0 Å². The third kappa shape index (κ3) is 2.66. The number of hydrogen-bond acceptors (Lipinski definition) is 3. The van der Waals surface area contributed by atoms with E-state index in [1.54, 1.807) is 13.8 Å². The Morgan fingerprint density at radius 3 is 2.64 bits per heavy atom. The van der Waals surface area contributed by atoms with Crippen molar-refractivity contribution in [1.29, 1.82) is 0 Å². The molecule has 1 aromatic rings. The van der Waals surface area contributed by atoms with E-state index in [9.17, 15) is 18.4 Å². The van der Waals surface area contributed by atoms with Gasteiger partial charge in [0.15, 0.2) is 0 Å². The Morgan fingerprint density at radius 1 is 1.41 bits per heavy atom. The fraction of sp³-hybridized carbons (Fsp3) is 0.333. The first kappa shape index (κ1) is 15.9. The average Bonchev–Trinajstić information content (AvgIpc) is 2.46. The number of amides is 2. The van der Waals surface area contributed by atoms with Crippen LogP contribution >= 0.6 is 0 Å². The molecule has 0 saturated carbocycles. The third-order valence-electron chi connectivity index (χ3n) is 3.59. The van der Waals surface area contributed by atoms with Crippen LogP contribution < -0.4 is 5.32 Å². The van der Waals surface area contributed by atoms with E-state index in [1.807, 2.05) is 0 Å². The summed E-state index contributed by atoms with van der Waals surface area (Å²) in [6.07, 6.45) is 0. The second-order valence-electron chi connectivity index (χ2n) is 4.78. The quantitative estimate of drug-likeness (QED) is 0.873. The van der Waals surface area contributed by atoms with Crippen molar-refractivity contribution < 1.29 is 23.1 Å². The number of carbonyl (C=O) groups is 2. The molecule has 2 rings (SSSR count). The van der Waals surface area contributed by atoms with Crippen LogP contribution in [-0.2, 0) is 9.53 Å². The molecule has 0 aliphatic carbocycles. The van der Waals surface area contributed by atoms with Gasteiger partial charge in [0.05, 0.1) is 18.7 Å². The molecule has 0 aromatic heterocycles. The Morgan fingerprint density at radius 2 is 2.09 bits per heavy atom. The number of methoxy groups -OCH3 is 1. The maximum atomic E-state index is 14.0. The van der Waals surface area contributed by atoms with E-state index < -0.39 is 29.7 Å². The van der Waals surface area contributed by atoms with Crippen LogP contribution in [0.2, 0.25) is 0 Å². The van der Waals surface area contributed by atoms with Crippen LogP contribution in [0.15, 0.2) is 29.5 Å². The van der Waals surface area contributed by atoms with E-state index in [0.29, 0.717) is 18.3 Å². The van der Waals surface area contributed by atoms with Gasteiger partial charge in [-0.25, -0.2) is 18.4 Å². The molecule has 22 heavy (non-hydrogen) atoms. The molecule has 1 aliphatic rings. The normalized spacial score (nSPS) is 18.3. The van der Waals surface area contributed by atoms with E-state index in [-0.39, 0.29) is 11.1 Å². The predicted octanol–water partition coefficient (Wildman–Crippen LogP) is 2.50. The number of halogens is 2. The van der Waals surface area contributed by atoms with E-state index in [4.69, 9.17) is 4.74 Å². The van der Waals surface area contributed by atoms with Crippen molar-refractivity contribution >= 4 is 12.0 Å². The second-order valence-corrected chi connectivity index (χ2v) is 4.78. The maximum absolute atomic E-state index is 14.0. The highest BCUT2D eigenvalue weighted by Gasteiger charge is 2.36. The average molecular weight is 310 g/mol. The van der Waals surface area contributed by atoms with Crippen LogP contribution in [0.3, 0.4) is 0 Å². The molecule has 1 aromatic carbocycles. The predicted molar refractivity (Wildman–Crippen MR) is 74.7 cm³/mol. The zero-order chi connectivity index (χ0) is 16.4. The van der Waals surface area contributed by atoms with Gasteiger partial charge in [-0.1, -0.05) is 6.07 Å². The molecule has 0 unspecified atom stereocenters. The summed E-state index contributed by atoms with van der Waals surface area (Å²) < 4.78 is 31.8. The molecule has 1 N–H and O–H groups in total. The summed E-state index contributed by atoms with van der Waals surface area (Å²) >= 11 is 0. The Labute approximate surface area is 126 Å². The Bertz CT molecular complexity index is 658. The van der Waals surface area contributed by atoms with Gasteiger partial charge in [0.2, 0.25) is 0 Å². The van der Waals surface area contributed by atoms with Crippen LogP contribution in [0.4, 0.5) is 13.6 Å². The van der Waals surface area contributed by atoms with E-state index >= 15 is 0 Å². The van der Waals surface area contributed by atoms with Crippen molar-refractivity contribution in [2.24, 2.45) is 0 Å². The lowest BCUT2D eigenvalue weighted by atomic mass is 9.94. The Balaban J connectivity index is 2.60. The lowest BCUT2D eigenvalue weighted by Crippen LogP contribution is -2.48. The van der Waals surface area contributed by atoms with E-state index in [1.165, 1.54) is 18.1 Å². The molecule has 0 spiro atoms. The van der Waals surface area contributed by atoms with Crippen LogP contribution in [0.25, 0.3) is 0 Å². The topological polar surface area (TPSA) is 58.6 Å². The van der Waals surface area contributed by atoms with Gasteiger partial charge < -0.3 is 10.1 Å². The number of rotatable bonds is 3. The lowest BCUT2D eigenvalue weighted by Gasteiger charge is -2.34. The lowest BCUT2D eigenvalue weighted by molar-refractivity contribution is -0.136. The SMILES string of the molecule is CCN1C(=O)N[C@H](c2ccc(F)cc2F)C(C(=O)OC)=C1C. The first-order chi connectivity index (χ1) is 10.4. The fourth-order valence-electron chi connectivity index (χ4n) is 2.51. The number of allylic oxidation sites excluding steroid dienone is 1. The number of ether oxygens (including phenoxy) is 1. The number of hydrogen-bond donors (Lipinski definition) is 1. The van der Waals surface area contributed by atoms with Crippen LogP contribution in [-0.4, -0.2) is 30.6 Å². The minimum Gasteiger partial charge on any atom is -0.466 e. The molecule has 0 saturated heterocycles. The minimum atomic E-state index is -1.02. The molecule has 7 heteroatoms. The first-order valence-electron chi connectivity index (χ1n) is 6.72. The molecule has 0 radical (unpaired) electrons. The molecule has 1 aliphatic heterocycles. The van der Waals surface area contributed by atoms with Gasteiger partial charge in [-0.2, -0.15) is 0 Å². The number of carbonyl (C=O) groups excluding carboxylic acids is 2. The monoisotopic (exact) mass is 310 g/mol. The van der Waals surface area contributed by atoms with Crippen LogP contribution in [0.1, 0.15) is 25.5 Å². The zero-order valence-corrected chi connectivity index (χ0v) is 12.4. The number of urea groups is 1. The molecule has 0 bridgehead atoms. The maximum Gasteiger partial charge on any atom is 0.337 e. The molecular formula is C15H16F2N2O3. The molecule has 5 nitrogen and oxygen atoms in total. The summed E-state index contributed by atoms with van der Waals surface area (Å²) in [7, 11) is 1.20. The summed E-state index contributed by atoms with van der Waals surface area (Å²) in [5.74, 6) is -2.26. The Hall–Kier alpha value is -2.44. The number of nitrogens with zero attached hydrogens (tertiary/aromatic N) is 1. The van der Waals surface area contributed by atoms with Crippen molar-refractivity contribution in [3.05, 3.63) is 46.7 Å². The minimum absolute atomic E-state index is 0.00486. The van der Waals surface area contributed by atoms with Crippen molar-refractivity contribution in [3.63, 3.8) is 0 Å². The molecular weight excluding hydrogens is 294 g/mol. The largest absolute Gasteiger partial charge is 0.466 e. The van der Waals surface area contributed by atoms with E-state index in [2.05, 4.69) is 5.32 Å². The molecule has 0 fully saturated rings. The third-order valence-corrected chi connectivity index (χ3v) is 3.59. The number of nitrogens with one attached hydrogen (secondary N) is 1. The fourth-order valence-corrected chi connectivity index (χ4v) is 2.51. The van der Waals surface area contributed by atoms with Crippen molar-refractivity contribution in [3.8, 4) is 0 Å². The first-order valence-corrected chi connectivity index (χ1v) is 6.72. The van der Waals surface area contributed by atoms with Gasteiger partial charge in [0.25, 0.3) is 0 Å². The van der Waals surface area contributed by atoms with Crippen molar-refractivity contribution in [1.82, 2.24) is 10.2 Å². The summed E-state index contributed by atoms with van der Waals surface area (Å²) in [5, 5.41) is 2.56. The summed E-state index contributed by atoms with van der Waals surface area (Å²) in [6.45, 7) is 3.68. The van der Waals surface area contributed by atoms with Crippen molar-refractivity contribution in [2.45, 2.75) is 19.9 Å². The van der Waals surface area contributed by atoms with Gasteiger partial charge in [-0.15, -0.1) is 0 Å². The highest BCUT2D eigenvalue weighted by atomic mass is 19.1. The Kier molecular flexibility index (Phi) is 4.44. The molecule has 2 amide bonds. The van der Waals surface area contributed by atoms with Gasteiger partial charge in [-0.05, 0) is 19.9 Å². The van der Waals surface area contributed by atoms with Gasteiger partial charge in [0, 0.05) is 23.9 Å². The summed E-state index contributed by atoms with van der Waals surface area (Å²) in [4.78, 5) is 25.5. The number of esters is 1. The number of benzene rings is 1. The van der Waals surface area contributed by atoms with E-state index in [0.717, 1.165) is 6.07 Å². The smallest absolute Gasteiger partial charge is 0.337 e. The van der Waals surface area contributed by atoms with Gasteiger partial charge in [0.1, 0.15) is 11.6 Å². The van der Waals surface area contributed by atoms with Crippen LogP contribution in [0.5, 0.6) is 0 Å². The van der Waals surface area contributed by atoms with Gasteiger partial charge in [-0.3, -0.25) is 4.90 Å². The second kappa shape index (κ2) is 6.13. The molecule has 1 heterocycles. The van der Waals surface area contributed by atoms with Crippen molar-refractivity contribution in [2.75, 3.05) is 13.7 Å². The zero-order valence-electron chi connectivity index (χ0n) is 12.4. The highest BCUT2D eigenvalue weighted by molar-refractivity contribution is 5.95. The highest BCUT2D eigenvalue weighted by Crippen LogP contribution is 2.32. The molecule has 118 valence electrons. The van der Waals surface area contributed by atoms with Crippen LogP contribution in [0, 0.1) is 11.6 Å². The standard InChI is InChI=1S/C15H16F2N2O3/c1-4-19-8(2)12(14(20)22-3)13(18-15(19)21)10-6-5-9(16)7-11(10)17/h5-7,13H,4H2,1-3H3,(H,18,21)/t13-/m1/s1. The molecule has 1 atom stereocenters. The summed E-state index contributed by atoms with van der Waals surface area (Å²) in [6, 6.07) is 1.50.